The third-order valence-corrected chi connectivity index (χ3v) is 3.03. The van der Waals surface area contributed by atoms with E-state index < -0.39 is 0 Å². The predicted molar refractivity (Wildman–Crippen MR) is 62.2 cm³/mol. The third-order valence-electron chi connectivity index (χ3n) is 3.03. The highest BCUT2D eigenvalue weighted by molar-refractivity contribution is 5.46. The van der Waals surface area contributed by atoms with E-state index in [1.807, 2.05) is 18.3 Å². The Bertz CT molecular complexity index is 498. The lowest BCUT2D eigenvalue weighted by atomic mass is 9.99. The Kier molecular flexibility index (Phi) is 2.25. The molecular formula is C11H15N5. The first-order valence-electron chi connectivity index (χ1n) is 5.65. The van der Waals surface area contributed by atoms with Crippen molar-refractivity contribution in [2.24, 2.45) is 0 Å². The highest BCUT2D eigenvalue weighted by atomic mass is 15.3. The molecule has 5 heteroatoms. The Balaban J connectivity index is 1.97. The summed E-state index contributed by atoms with van der Waals surface area (Å²) in [6, 6.07) is 3.76. The molecule has 0 aliphatic carbocycles. The molecule has 1 fully saturated rings. The average Bonchev–Trinajstić information content (AvgIpc) is 2.73. The number of hydrogen-bond donors (Lipinski definition) is 2. The van der Waals surface area contributed by atoms with E-state index in [-0.39, 0.29) is 0 Å². The number of rotatable bonds is 1. The Morgan fingerprint density at radius 2 is 2.38 bits per heavy atom. The number of anilines is 1. The molecule has 1 aliphatic rings. The first kappa shape index (κ1) is 9.59. The summed E-state index contributed by atoms with van der Waals surface area (Å²) in [7, 11) is 0. The van der Waals surface area contributed by atoms with Gasteiger partial charge in [-0.15, -0.1) is 0 Å². The first-order valence-corrected chi connectivity index (χ1v) is 5.65. The zero-order valence-corrected chi connectivity index (χ0v) is 9.06. The lowest BCUT2D eigenvalue weighted by Crippen LogP contribution is -2.28. The van der Waals surface area contributed by atoms with Crippen LogP contribution in [0.5, 0.6) is 0 Å². The predicted octanol–water partition coefficient (Wildman–Crippen LogP) is 0.778. The van der Waals surface area contributed by atoms with Crippen molar-refractivity contribution in [3.63, 3.8) is 0 Å². The van der Waals surface area contributed by atoms with Gasteiger partial charge in [-0.1, -0.05) is 0 Å². The van der Waals surface area contributed by atoms with Crippen LogP contribution in [0.3, 0.4) is 0 Å². The second kappa shape index (κ2) is 3.75. The number of piperidine rings is 1. The highest BCUT2D eigenvalue weighted by Gasteiger charge is 2.19. The molecule has 0 spiro atoms. The molecule has 1 saturated heterocycles. The van der Waals surface area contributed by atoms with Gasteiger partial charge in [-0.05, 0) is 31.5 Å². The van der Waals surface area contributed by atoms with Gasteiger partial charge >= 0.3 is 0 Å². The molecule has 0 radical (unpaired) electrons. The average molecular weight is 217 g/mol. The first-order chi connectivity index (χ1) is 7.83. The lowest BCUT2D eigenvalue weighted by molar-refractivity contribution is 0.447. The van der Waals surface area contributed by atoms with Crippen LogP contribution in [0.1, 0.15) is 24.6 Å². The fourth-order valence-corrected chi connectivity index (χ4v) is 2.16. The van der Waals surface area contributed by atoms with Crippen molar-refractivity contribution in [1.82, 2.24) is 19.9 Å². The van der Waals surface area contributed by atoms with Gasteiger partial charge in [0.2, 0.25) is 0 Å². The van der Waals surface area contributed by atoms with Crippen molar-refractivity contribution in [2.75, 3.05) is 18.8 Å². The number of hydrogen-bond acceptors (Lipinski definition) is 4. The zero-order chi connectivity index (χ0) is 11.0. The summed E-state index contributed by atoms with van der Waals surface area (Å²) < 4.78 is 1.76. The number of fused-ring (bicyclic) bond motifs is 1. The molecule has 1 atom stereocenters. The van der Waals surface area contributed by atoms with E-state index >= 15 is 0 Å². The van der Waals surface area contributed by atoms with Crippen LogP contribution in [0.2, 0.25) is 0 Å². The van der Waals surface area contributed by atoms with Gasteiger partial charge in [-0.2, -0.15) is 5.10 Å². The third kappa shape index (κ3) is 1.63. The molecule has 0 aromatic carbocycles. The normalized spacial score (nSPS) is 21.4. The molecule has 3 rings (SSSR count). The van der Waals surface area contributed by atoms with E-state index in [0.29, 0.717) is 11.6 Å². The van der Waals surface area contributed by atoms with Crippen LogP contribution in [-0.2, 0) is 0 Å². The van der Waals surface area contributed by atoms with Crippen LogP contribution in [0, 0.1) is 0 Å². The van der Waals surface area contributed by atoms with Crippen LogP contribution in [0.4, 0.5) is 5.69 Å². The summed E-state index contributed by atoms with van der Waals surface area (Å²) in [4.78, 5) is 4.53. The zero-order valence-electron chi connectivity index (χ0n) is 9.06. The summed E-state index contributed by atoms with van der Waals surface area (Å²) in [5, 5.41) is 7.86. The Hall–Kier alpha value is -1.62. The molecule has 2 aromatic rings. The number of pyridine rings is 1. The van der Waals surface area contributed by atoms with Crippen LogP contribution >= 0.6 is 0 Å². The van der Waals surface area contributed by atoms with E-state index in [1.54, 1.807) is 4.52 Å². The van der Waals surface area contributed by atoms with Crippen LogP contribution in [-0.4, -0.2) is 27.7 Å². The Morgan fingerprint density at radius 3 is 3.19 bits per heavy atom. The number of aromatic nitrogens is 3. The molecule has 0 bridgehead atoms. The maximum absolute atomic E-state index is 5.71. The van der Waals surface area contributed by atoms with Gasteiger partial charge in [0.25, 0.3) is 0 Å². The second-order valence-electron chi connectivity index (χ2n) is 4.28. The van der Waals surface area contributed by atoms with E-state index in [9.17, 15) is 0 Å². The van der Waals surface area contributed by atoms with E-state index in [4.69, 9.17) is 5.73 Å². The van der Waals surface area contributed by atoms with E-state index in [1.165, 1.54) is 12.8 Å². The molecule has 0 amide bonds. The number of nitrogens with zero attached hydrogens (tertiary/aromatic N) is 3. The SMILES string of the molecule is Nc1ccc2nc(C3CCCNC3)nn2c1. The van der Waals surface area contributed by atoms with Gasteiger partial charge in [0, 0.05) is 12.5 Å². The number of nitrogens with two attached hydrogens (primary N) is 1. The molecule has 2 aromatic heterocycles. The fourth-order valence-electron chi connectivity index (χ4n) is 2.16. The van der Waals surface area contributed by atoms with E-state index in [0.717, 1.165) is 24.6 Å². The maximum atomic E-state index is 5.71. The Labute approximate surface area is 93.7 Å². The smallest absolute Gasteiger partial charge is 0.156 e. The van der Waals surface area contributed by atoms with Crippen molar-refractivity contribution in [3.8, 4) is 0 Å². The molecule has 3 N–H and O–H groups in total. The molecule has 0 saturated carbocycles. The lowest BCUT2D eigenvalue weighted by Gasteiger charge is -2.19. The molecule has 1 unspecified atom stereocenters. The maximum Gasteiger partial charge on any atom is 0.156 e. The molecule has 84 valence electrons. The quantitative estimate of drug-likeness (QED) is 0.740. The second-order valence-corrected chi connectivity index (χ2v) is 4.28. The molecule has 5 nitrogen and oxygen atoms in total. The van der Waals surface area contributed by atoms with Gasteiger partial charge in [0.15, 0.2) is 11.5 Å². The van der Waals surface area contributed by atoms with Gasteiger partial charge in [-0.3, -0.25) is 0 Å². The molecule has 3 heterocycles. The Morgan fingerprint density at radius 1 is 1.44 bits per heavy atom. The summed E-state index contributed by atoms with van der Waals surface area (Å²) in [6.45, 7) is 2.09. The number of nitrogens with one attached hydrogen (secondary N) is 1. The number of nitrogen functional groups attached to an aromatic ring is 1. The molecule has 16 heavy (non-hydrogen) atoms. The largest absolute Gasteiger partial charge is 0.397 e. The van der Waals surface area contributed by atoms with Gasteiger partial charge in [-0.25, -0.2) is 9.50 Å². The van der Waals surface area contributed by atoms with E-state index in [2.05, 4.69) is 15.4 Å². The van der Waals surface area contributed by atoms with Gasteiger partial charge < -0.3 is 11.1 Å². The topological polar surface area (TPSA) is 68.2 Å². The van der Waals surface area contributed by atoms with Crippen molar-refractivity contribution in [1.29, 1.82) is 0 Å². The van der Waals surface area contributed by atoms with Gasteiger partial charge in [0.05, 0.1) is 11.9 Å². The monoisotopic (exact) mass is 217 g/mol. The highest BCUT2D eigenvalue weighted by Crippen LogP contribution is 2.20. The van der Waals surface area contributed by atoms with Crippen molar-refractivity contribution < 1.29 is 0 Å². The minimum atomic E-state index is 0.440. The molecule has 1 aliphatic heterocycles. The van der Waals surface area contributed by atoms with Gasteiger partial charge in [0.1, 0.15) is 0 Å². The van der Waals surface area contributed by atoms with Crippen molar-refractivity contribution >= 4 is 11.3 Å². The summed E-state index contributed by atoms with van der Waals surface area (Å²) in [5.41, 5.74) is 7.29. The van der Waals surface area contributed by atoms with Crippen molar-refractivity contribution in [2.45, 2.75) is 18.8 Å². The molecular weight excluding hydrogens is 202 g/mol. The standard InChI is InChI=1S/C11H15N5/c12-9-3-4-10-14-11(15-16(10)7-9)8-2-1-5-13-6-8/h3-4,7-8,13H,1-2,5-6,12H2. The van der Waals surface area contributed by atoms with Crippen LogP contribution in [0.15, 0.2) is 18.3 Å². The fraction of sp³-hybridized carbons (Fsp3) is 0.455. The summed E-state index contributed by atoms with van der Waals surface area (Å²) in [6.07, 6.45) is 4.17. The minimum Gasteiger partial charge on any atom is -0.397 e. The van der Waals surface area contributed by atoms with Crippen LogP contribution in [0.25, 0.3) is 5.65 Å². The minimum absolute atomic E-state index is 0.440. The van der Waals surface area contributed by atoms with Crippen molar-refractivity contribution in [3.05, 3.63) is 24.2 Å². The summed E-state index contributed by atoms with van der Waals surface area (Å²) in [5.74, 6) is 1.37. The van der Waals surface area contributed by atoms with Crippen LogP contribution < -0.4 is 11.1 Å². The summed E-state index contributed by atoms with van der Waals surface area (Å²) >= 11 is 0.